The van der Waals surface area contributed by atoms with Gasteiger partial charge in [-0.1, -0.05) is 49.1 Å². The Labute approximate surface area is 171 Å². The number of aromatic nitrogens is 3. The van der Waals surface area contributed by atoms with Gasteiger partial charge in [-0.2, -0.15) is 0 Å². The number of fused-ring (bicyclic) bond motifs is 1. The molecule has 152 valence electrons. The lowest BCUT2D eigenvalue weighted by molar-refractivity contribution is 0.240. The van der Waals surface area contributed by atoms with Crippen molar-refractivity contribution in [2.45, 2.75) is 58.0 Å². The number of aryl methyl sites for hydroxylation is 1. The standard InChI is InChI=1S/C23H29N5O/c1-17-9-11-18(12-10-17)16-26-23(29)25-15-13-21-27-20-8-5-14-24-22(20)28(21)19-6-3-2-4-7-19/h5,8-12,14,19H,2-4,6-7,13,15-16H2,1H3,(H2,25,26,29). The summed E-state index contributed by atoms with van der Waals surface area (Å²) in [7, 11) is 0. The fourth-order valence-corrected chi connectivity index (χ4v) is 4.11. The van der Waals surface area contributed by atoms with Crippen LogP contribution in [-0.2, 0) is 13.0 Å². The SMILES string of the molecule is Cc1ccc(CNC(=O)NCCc2nc3cccnc3n2C2CCCCC2)cc1. The largest absolute Gasteiger partial charge is 0.338 e. The molecule has 0 radical (unpaired) electrons. The summed E-state index contributed by atoms with van der Waals surface area (Å²) in [6, 6.07) is 12.5. The van der Waals surface area contributed by atoms with Crippen LogP contribution < -0.4 is 10.6 Å². The molecule has 6 nitrogen and oxygen atoms in total. The van der Waals surface area contributed by atoms with E-state index >= 15 is 0 Å². The Morgan fingerprint density at radius 3 is 2.69 bits per heavy atom. The maximum atomic E-state index is 12.2. The van der Waals surface area contributed by atoms with E-state index in [0.717, 1.165) is 22.6 Å². The van der Waals surface area contributed by atoms with Crippen LogP contribution in [0.4, 0.5) is 4.79 Å². The number of nitrogens with zero attached hydrogens (tertiary/aromatic N) is 3. The fourth-order valence-electron chi connectivity index (χ4n) is 4.11. The molecule has 0 unspecified atom stereocenters. The molecule has 3 aromatic rings. The van der Waals surface area contributed by atoms with E-state index in [2.05, 4.69) is 39.2 Å². The van der Waals surface area contributed by atoms with Crippen LogP contribution in [0.3, 0.4) is 0 Å². The molecule has 2 heterocycles. The Morgan fingerprint density at radius 1 is 1.10 bits per heavy atom. The molecule has 1 saturated carbocycles. The zero-order valence-corrected chi connectivity index (χ0v) is 17.0. The first-order chi connectivity index (χ1) is 14.2. The van der Waals surface area contributed by atoms with Crippen molar-refractivity contribution in [2.24, 2.45) is 0 Å². The summed E-state index contributed by atoms with van der Waals surface area (Å²) >= 11 is 0. The molecule has 1 fully saturated rings. The highest BCUT2D eigenvalue weighted by Gasteiger charge is 2.21. The van der Waals surface area contributed by atoms with Gasteiger partial charge in [-0.25, -0.2) is 14.8 Å². The second-order valence-corrected chi connectivity index (χ2v) is 7.88. The first kappa shape index (κ1) is 19.4. The quantitative estimate of drug-likeness (QED) is 0.658. The van der Waals surface area contributed by atoms with Crippen molar-refractivity contribution in [1.29, 1.82) is 0 Å². The number of benzene rings is 1. The van der Waals surface area contributed by atoms with E-state index in [1.54, 1.807) is 0 Å². The lowest BCUT2D eigenvalue weighted by Crippen LogP contribution is -2.36. The summed E-state index contributed by atoms with van der Waals surface area (Å²) in [5.74, 6) is 1.02. The van der Waals surface area contributed by atoms with Crippen LogP contribution in [0.2, 0.25) is 0 Å². The van der Waals surface area contributed by atoms with Gasteiger partial charge in [0, 0.05) is 31.7 Å². The molecule has 0 aliphatic heterocycles. The minimum absolute atomic E-state index is 0.149. The minimum atomic E-state index is -0.149. The first-order valence-electron chi connectivity index (χ1n) is 10.6. The van der Waals surface area contributed by atoms with Crippen LogP contribution >= 0.6 is 0 Å². The third-order valence-electron chi connectivity index (χ3n) is 5.67. The Bertz CT molecular complexity index is 957. The monoisotopic (exact) mass is 391 g/mol. The van der Waals surface area contributed by atoms with E-state index in [0.29, 0.717) is 25.6 Å². The van der Waals surface area contributed by atoms with Gasteiger partial charge in [-0.3, -0.25) is 0 Å². The van der Waals surface area contributed by atoms with Gasteiger partial charge in [-0.05, 0) is 37.5 Å². The number of rotatable bonds is 6. The molecule has 0 bridgehead atoms. The van der Waals surface area contributed by atoms with Crippen LogP contribution in [0.25, 0.3) is 11.2 Å². The van der Waals surface area contributed by atoms with E-state index in [9.17, 15) is 4.79 Å². The zero-order chi connectivity index (χ0) is 20.1. The molecule has 2 aromatic heterocycles. The lowest BCUT2D eigenvalue weighted by atomic mass is 9.95. The van der Waals surface area contributed by atoms with Gasteiger partial charge in [0.05, 0.1) is 0 Å². The number of hydrogen-bond donors (Lipinski definition) is 2. The molecule has 6 heteroatoms. The highest BCUT2D eigenvalue weighted by Crippen LogP contribution is 2.31. The fraction of sp³-hybridized carbons (Fsp3) is 0.435. The van der Waals surface area contributed by atoms with Crippen molar-refractivity contribution >= 4 is 17.2 Å². The molecule has 1 aliphatic carbocycles. The van der Waals surface area contributed by atoms with Crippen LogP contribution in [-0.4, -0.2) is 27.1 Å². The highest BCUT2D eigenvalue weighted by atomic mass is 16.2. The second-order valence-electron chi connectivity index (χ2n) is 7.88. The predicted octanol–water partition coefficient (Wildman–Crippen LogP) is 4.29. The zero-order valence-electron chi connectivity index (χ0n) is 17.0. The van der Waals surface area contributed by atoms with E-state index < -0.39 is 0 Å². The summed E-state index contributed by atoms with van der Waals surface area (Å²) < 4.78 is 2.32. The molecule has 1 aromatic carbocycles. The van der Waals surface area contributed by atoms with Gasteiger partial charge in [0.1, 0.15) is 11.3 Å². The minimum Gasteiger partial charge on any atom is -0.338 e. The van der Waals surface area contributed by atoms with E-state index in [1.807, 2.05) is 30.5 Å². The Balaban J connectivity index is 1.36. The number of pyridine rings is 1. The molecule has 0 saturated heterocycles. The number of carbonyl (C=O) groups excluding carboxylic acids is 1. The topological polar surface area (TPSA) is 71.8 Å². The molecule has 0 spiro atoms. The highest BCUT2D eigenvalue weighted by molar-refractivity contribution is 5.74. The van der Waals surface area contributed by atoms with Crippen LogP contribution in [0.1, 0.15) is 55.1 Å². The summed E-state index contributed by atoms with van der Waals surface area (Å²) in [6.07, 6.45) is 8.73. The van der Waals surface area contributed by atoms with Crippen molar-refractivity contribution in [2.75, 3.05) is 6.54 Å². The van der Waals surface area contributed by atoms with Gasteiger partial charge in [0.25, 0.3) is 0 Å². The summed E-state index contributed by atoms with van der Waals surface area (Å²) in [4.78, 5) is 21.6. The van der Waals surface area contributed by atoms with Crippen LogP contribution in [0.15, 0.2) is 42.6 Å². The molecule has 2 N–H and O–H groups in total. The van der Waals surface area contributed by atoms with Crippen molar-refractivity contribution in [3.05, 3.63) is 59.5 Å². The molecular weight excluding hydrogens is 362 g/mol. The van der Waals surface area contributed by atoms with Gasteiger partial charge in [0.2, 0.25) is 0 Å². The third kappa shape index (κ3) is 4.75. The van der Waals surface area contributed by atoms with Crippen LogP contribution in [0.5, 0.6) is 0 Å². The van der Waals surface area contributed by atoms with Gasteiger partial charge in [-0.15, -0.1) is 0 Å². The number of carbonyl (C=O) groups is 1. The molecule has 29 heavy (non-hydrogen) atoms. The van der Waals surface area contributed by atoms with E-state index in [1.165, 1.54) is 37.7 Å². The number of hydrogen-bond acceptors (Lipinski definition) is 3. The van der Waals surface area contributed by atoms with Crippen molar-refractivity contribution in [3.8, 4) is 0 Å². The first-order valence-corrected chi connectivity index (χ1v) is 10.6. The normalized spacial score (nSPS) is 14.8. The van der Waals surface area contributed by atoms with Crippen molar-refractivity contribution in [1.82, 2.24) is 25.2 Å². The molecule has 2 amide bonds. The van der Waals surface area contributed by atoms with Gasteiger partial charge in [0.15, 0.2) is 5.65 Å². The summed E-state index contributed by atoms with van der Waals surface area (Å²) in [6.45, 7) is 3.13. The Morgan fingerprint density at radius 2 is 1.90 bits per heavy atom. The summed E-state index contributed by atoms with van der Waals surface area (Å²) in [5.41, 5.74) is 4.22. The number of amides is 2. The molecule has 0 atom stereocenters. The van der Waals surface area contributed by atoms with Gasteiger partial charge < -0.3 is 15.2 Å². The Hall–Kier alpha value is -2.89. The number of urea groups is 1. The second kappa shape index (κ2) is 9.07. The third-order valence-corrected chi connectivity index (χ3v) is 5.67. The average Bonchev–Trinajstić information content (AvgIpc) is 3.12. The van der Waals surface area contributed by atoms with E-state index in [4.69, 9.17) is 4.98 Å². The lowest BCUT2D eigenvalue weighted by Gasteiger charge is -2.25. The maximum Gasteiger partial charge on any atom is 0.315 e. The number of nitrogens with one attached hydrogen (secondary N) is 2. The predicted molar refractivity (Wildman–Crippen MR) is 115 cm³/mol. The number of imidazole rings is 1. The molecular formula is C23H29N5O. The van der Waals surface area contributed by atoms with Crippen LogP contribution in [0, 0.1) is 6.92 Å². The summed E-state index contributed by atoms with van der Waals surface area (Å²) in [5, 5.41) is 5.88. The molecule has 4 rings (SSSR count). The van der Waals surface area contributed by atoms with E-state index in [-0.39, 0.29) is 6.03 Å². The Kier molecular flexibility index (Phi) is 6.08. The molecule has 1 aliphatic rings. The van der Waals surface area contributed by atoms with Crippen molar-refractivity contribution < 1.29 is 4.79 Å². The van der Waals surface area contributed by atoms with Gasteiger partial charge >= 0.3 is 6.03 Å². The smallest absolute Gasteiger partial charge is 0.315 e. The average molecular weight is 392 g/mol. The van der Waals surface area contributed by atoms with Crippen molar-refractivity contribution in [3.63, 3.8) is 0 Å². The maximum absolute atomic E-state index is 12.2.